The Morgan fingerprint density at radius 1 is 1.21 bits per heavy atom. The van der Waals surface area contributed by atoms with Gasteiger partial charge in [-0.25, -0.2) is 0 Å². The number of alkyl halides is 3. The fourth-order valence-corrected chi connectivity index (χ4v) is 3.86. The van der Waals surface area contributed by atoms with Crippen LogP contribution in [0.1, 0.15) is 39.7 Å². The molecule has 0 atom stereocenters. The third-order valence-electron chi connectivity index (χ3n) is 5.00. The highest BCUT2D eigenvalue weighted by Gasteiger charge is 2.30. The predicted octanol–water partition coefficient (Wildman–Crippen LogP) is 3.74. The van der Waals surface area contributed by atoms with Crippen LogP contribution in [0.2, 0.25) is 0 Å². The summed E-state index contributed by atoms with van der Waals surface area (Å²) in [6.45, 7) is 3.79. The van der Waals surface area contributed by atoms with Gasteiger partial charge in [-0.05, 0) is 47.2 Å². The monoisotopic (exact) mass is 477 g/mol. The van der Waals surface area contributed by atoms with Gasteiger partial charge >= 0.3 is 6.18 Å². The molecule has 1 amide bonds. The molecule has 0 fully saturated rings. The van der Waals surface area contributed by atoms with Crippen molar-refractivity contribution in [2.75, 3.05) is 12.3 Å². The maximum Gasteiger partial charge on any atom is 0.416 e. The van der Waals surface area contributed by atoms with Crippen LogP contribution < -0.4 is 16.8 Å². The first-order valence-electron chi connectivity index (χ1n) is 10.3. The molecule has 10 heteroatoms. The third-order valence-corrected chi connectivity index (χ3v) is 5.76. The van der Waals surface area contributed by atoms with Crippen molar-refractivity contribution in [1.82, 2.24) is 15.2 Å². The number of amides is 1. The highest BCUT2D eigenvalue weighted by atomic mass is 32.2. The molecule has 0 unspecified atom stereocenters. The van der Waals surface area contributed by atoms with Gasteiger partial charge in [0.1, 0.15) is 0 Å². The van der Waals surface area contributed by atoms with Crippen LogP contribution in [-0.2, 0) is 25.8 Å². The summed E-state index contributed by atoms with van der Waals surface area (Å²) in [5.74, 6) is 0.572. The van der Waals surface area contributed by atoms with Gasteiger partial charge in [0.2, 0.25) is 0 Å². The molecule has 2 aromatic rings. The molecule has 0 bridgehead atoms. The van der Waals surface area contributed by atoms with Crippen molar-refractivity contribution < 1.29 is 18.0 Å². The van der Waals surface area contributed by atoms with Gasteiger partial charge in [-0.15, -0.1) is 11.8 Å². The average Bonchev–Trinajstić information content (AvgIpc) is 3.17. The smallest absolute Gasteiger partial charge is 0.401 e. The number of thioether (sulfide) groups is 1. The zero-order chi connectivity index (χ0) is 24.0. The number of hydrogen-bond acceptors (Lipinski definition) is 6. The van der Waals surface area contributed by atoms with Crippen LogP contribution in [0.5, 0.6) is 0 Å². The van der Waals surface area contributed by atoms with Crippen molar-refractivity contribution in [3.63, 3.8) is 0 Å². The van der Waals surface area contributed by atoms with Crippen molar-refractivity contribution in [1.29, 1.82) is 0 Å². The summed E-state index contributed by atoms with van der Waals surface area (Å²) in [6, 6.07) is 6.94. The molecule has 2 heterocycles. The number of carbonyl (C=O) groups is 1. The first kappa shape index (κ1) is 24.7. The number of hydrogen-bond donors (Lipinski definition) is 3. The third kappa shape index (κ3) is 7.00. The Bertz CT molecular complexity index is 1050. The van der Waals surface area contributed by atoms with E-state index in [9.17, 15) is 18.0 Å². The van der Waals surface area contributed by atoms with E-state index in [2.05, 4.69) is 15.2 Å². The van der Waals surface area contributed by atoms with E-state index in [0.717, 1.165) is 34.7 Å². The van der Waals surface area contributed by atoms with Gasteiger partial charge in [-0.3, -0.25) is 14.7 Å². The Hall–Kier alpha value is -2.98. The van der Waals surface area contributed by atoms with Crippen molar-refractivity contribution >= 4 is 17.7 Å². The molecule has 1 aromatic heterocycles. The van der Waals surface area contributed by atoms with Gasteiger partial charge < -0.3 is 16.8 Å². The second-order valence-electron chi connectivity index (χ2n) is 7.60. The number of aromatic nitrogens is 1. The summed E-state index contributed by atoms with van der Waals surface area (Å²) in [6.07, 6.45) is 0.545. The standard InChI is InChI=1S/C23H26F3N5OS/c1-2-33-21(28)8-7-19(27)11-30-22(32)16-9-17-13-31(14-20(17)29-10-16)12-15-3-5-18(6-4-15)23(24,25)26/h3-10H,2,11-14,27-28H2,1H3,(H,30,32)/b19-7-,21-8+. The van der Waals surface area contributed by atoms with Crippen LogP contribution in [0, 0.1) is 0 Å². The summed E-state index contributed by atoms with van der Waals surface area (Å²) < 4.78 is 38.2. The number of nitrogens with one attached hydrogen (secondary N) is 1. The Morgan fingerprint density at radius 2 is 1.94 bits per heavy atom. The van der Waals surface area contributed by atoms with Crippen LogP contribution in [0.15, 0.2) is 59.4 Å². The number of rotatable bonds is 8. The van der Waals surface area contributed by atoms with E-state index in [4.69, 9.17) is 11.5 Å². The van der Waals surface area contributed by atoms with E-state index >= 15 is 0 Å². The normalized spacial score (nSPS) is 14.9. The molecule has 6 nitrogen and oxygen atoms in total. The maximum atomic E-state index is 12.7. The summed E-state index contributed by atoms with van der Waals surface area (Å²) in [5, 5.41) is 3.41. The lowest BCUT2D eigenvalue weighted by molar-refractivity contribution is -0.137. The van der Waals surface area contributed by atoms with Crippen molar-refractivity contribution in [2.45, 2.75) is 32.7 Å². The van der Waals surface area contributed by atoms with E-state index in [1.54, 1.807) is 18.2 Å². The highest BCUT2D eigenvalue weighted by Crippen LogP contribution is 2.30. The lowest BCUT2D eigenvalue weighted by Gasteiger charge is -2.15. The summed E-state index contributed by atoms with van der Waals surface area (Å²) >= 11 is 1.50. The van der Waals surface area contributed by atoms with Crippen LogP contribution >= 0.6 is 11.8 Å². The van der Waals surface area contributed by atoms with Crippen molar-refractivity contribution in [3.05, 3.63) is 87.4 Å². The highest BCUT2D eigenvalue weighted by molar-refractivity contribution is 8.02. The zero-order valence-electron chi connectivity index (χ0n) is 18.2. The van der Waals surface area contributed by atoms with E-state index in [0.29, 0.717) is 35.9 Å². The topological polar surface area (TPSA) is 97.3 Å². The zero-order valence-corrected chi connectivity index (χ0v) is 19.0. The number of nitrogens with zero attached hydrogens (tertiary/aromatic N) is 2. The molecule has 1 aliphatic heterocycles. The minimum absolute atomic E-state index is 0.177. The fourth-order valence-electron chi connectivity index (χ4n) is 3.37. The molecule has 0 spiro atoms. The van der Waals surface area contributed by atoms with Gasteiger partial charge in [0.15, 0.2) is 0 Å². The molecular formula is C23H26F3N5OS. The molecular weight excluding hydrogens is 451 g/mol. The number of fused-ring (bicyclic) bond motifs is 1. The number of nitrogens with two attached hydrogens (primary N) is 2. The number of carbonyl (C=O) groups excluding carboxylic acids is 1. The molecule has 176 valence electrons. The Labute approximate surface area is 194 Å². The van der Waals surface area contributed by atoms with Crippen LogP contribution in [0.25, 0.3) is 0 Å². The Balaban J connectivity index is 1.56. The van der Waals surface area contributed by atoms with E-state index < -0.39 is 11.7 Å². The molecule has 0 aliphatic carbocycles. The molecule has 0 saturated carbocycles. The fraction of sp³-hybridized carbons (Fsp3) is 0.304. The summed E-state index contributed by atoms with van der Waals surface area (Å²) in [7, 11) is 0. The molecule has 0 saturated heterocycles. The minimum Gasteiger partial charge on any atom is -0.401 e. The Kier molecular flexibility index (Phi) is 8.04. The molecule has 1 aromatic carbocycles. The first-order valence-corrected chi connectivity index (χ1v) is 11.3. The maximum absolute atomic E-state index is 12.7. The van der Waals surface area contributed by atoms with E-state index in [1.807, 2.05) is 6.92 Å². The van der Waals surface area contributed by atoms with Gasteiger partial charge in [-0.2, -0.15) is 13.2 Å². The minimum atomic E-state index is -4.35. The summed E-state index contributed by atoms with van der Waals surface area (Å²) in [5.41, 5.74) is 14.5. The van der Waals surface area contributed by atoms with E-state index in [-0.39, 0.29) is 12.5 Å². The molecule has 33 heavy (non-hydrogen) atoms. The summed E-state index contributed by atoms with van der Waals surface area (Å²) in [4.78, 5) is 19.0. The lowest BCUT2D eigenvalue weighted by atomic mass is 10.1. The van der Waals surface area contributed by atoms with Gasteiger partial charge in [0.25, 0.3) is 5.91 Å². The number of pyridine rings is 1. The second kappa shape index (κ2) is 10.8. The SMILES string of the molecule is CCS/C(N)=C/C=C(\N)CNC(=O)c1cnc2c(c1)CN(Cc1ccc(C(F)(F)F)cc1)C2. The predicted molar refractivity (Wildman–Crippen MR) is 124 cm³/mol. The number of benzene rings is 1. The first-order chi connectivity index (χ1) is 15.7. The average molecular weight is 478 g/mol. The van der Waals surface area contributed by atoms with Crippen LogP contribution in [-0.4, -0.2) is 28.1 Å². The molecule has 3 rings (SSSR count). The molecule has 0 radical (unpaired) electrons. The second-order valence-corrected chi connectivity index (χ2v) is 8.93. The quantitative estimate of drug-likeness (QED) is 0.501. The molecule has 5 N–H and O–H groups in total. The van der Waals surface area contributed by atoms with Crippen LogP contribution in [0.3, 0.4) is 0 Å². The van der Waals surface area contributed by atoms with Crippen molar-refractivity contribution in [2.24, 2.45) is 11.5 Å². The van der Waals surface area contributed by atoms with Crippen molar-refractivity contribution in [3.8, 4) is 0 Å². The van der Waals surface area contributed by atoms with Gasteiger partial charge in [0, 0.05) is 31.5 Å². The van der Waals surface area contributed by atoms with Gasteiger partial charge in [0.05, 0.1) is 28.4 Å². The largest absolute Gasteiger partial charge is 0.416 e. The van der Waals surface area contributed by atoms with Gasteiger partial charge in [-0.1, -0.05) is 19.1 Å². The lowest BCUT2D eigenvalue weighted by Crippen LogP contribution is -2.28. The number of allylic oxidation sites excluding steroid dienone is 2. The Morgan fingerprint density at radius 3 is 2.61 bits per heavy atom. The molecule has 1 aliphatic rings. The number of halogens is 3. The van der Waals surface area contributed by atoms with E-state index in [1.165, 1.54) is 30.1 Å². The van der Waals surface area contributed by atoms with Crippen LogP contribution in [0.4, 0.5) is 13.2 Å².